The van der Waals surface area contributed by atoms with Crippen molar-refractivity contribution in [2.45, 2.75) is 37.9 Å². The zero-order valence-electron chi connectivity index (χ0n) is 13.9. The largest absolute Gasteiger partial charge is 0.462 e. The summed E-state index contributed by atoms with van der Waals surface area (Å²) in [7, 11) is 7.19. The predicted octanol–water partition coefficient (Wildman–Crippen LogP) is 3.35. The highest BCUT2D eigenvalue weighted by molar-refractivity contribution is 8.23. The van der Waals surface area contributed by atoms with Gasteiger partial charge in [0.25, 0.3) is 0 Å². The average Bonchev–Trinajstić information content (AvgIpc) is 3.07. The van der Waals surface area contributed by atoms with Gasteiger partial charge in [-0.15, -0.1) is 0 Å². The Hall–Kier alpha value is -1.02. The summed E-state index contributed by atoms with van der Waals surface area (Å²) < 4.78 is 11.2. The summed E-state index contributed by atoms with van der Waals surface area (Å²) in [6.07, 6.45) is 5.54. The lowest BCUT2D eigenvalue weighted by Gasteiger charge is -2.22. The van der Waals surface area contributed by atoms with E-state index in [1.54, 1.807) is 6.08 Å². The maximum Gasteiger partial charge on any atom is 0.306 e. The fourth-order valence-electron chi connectivity index (χ4n) is 3.65. The molecule has 1 saturated heterocycles. The number of rotatable bonds is 7. The molecule has 2 radical (unpaired) electrons. The minimum atomic E-state index is -1.07. The second kappa shape index (κ2) is 8.58. The first-order chi connectivity index (χ1) is 12.0. The number of aryl methyl sites for hydroxylation is 1. The van der Waals surface area contributed by atoms with Gasteiger partial charge in [0.2, 0.25) is 0 Å². The number of benzene rings is 1. The number of esters is 1. The Balaban J connectivity index is 1.60. The maximum absolute atomic E-state index is 12.2. The molecule has 4 nitrogen and oxygen atoms in total. The first-order valence-electron chi connectivity index (χ1n) is 8.43. The molecule has 1 aliphatic carbocycles. The van der Waals surface area contributed by atoms with Gasteiger partial charge in [-0.3, -0.25) is 9.59 Å². The van der Waals surface area contributed by atoms with Gasteiger partial charge in [-0.2, -0.15) is 0 Å². The molecule has 1 aromatic carbocycles. The smallest absolute Gasteiger partial charge is 0.306 e. The molecule has 1 aliphatic heterocycles. The van der Waals surface area contributed by atoms with Crippen LogP contribution in [0.3, 0.4) is 0 Å². The van der Waals surface area contributed by atoms with Crippen molar-refractivity contribution in [3.8, 4) is 0 Å². The third kappa shape index (κ3) is 5.00. The second-order valence-electron chi connectivity index (χ2n) is 6.52. The number of hydrogen-bond donors (Lipinski definition) is 0. The summed E-state index contributed by atoms with van der Waals surface area (Å²) in [5.74, 6) is -0.0119. The van der Waals surface area contributed by atoms with Crippen LogP contribution in [0.15, 0.2) is 42.5 Å². The van der Waals surface area contributed by atoms with Gasteiger partial charge in [0, 0.05) is 24.7 Å². The molecule has 1 heterocycles. The first kappa shape index (κ1) is 18.8. The highest BCUT2D eigenvalue weighted by atomic mass is 32.0. The summed E-state index contributed by atoms with van der Waals surface area (Å²) in [5, 5.41) is 0. The molecular formula is C18H21BO4P2. The Morgan fingerprint density at radius 1 is 1.40 bits per heavy atom. The molecule has 7 heteroatoms. The Bertz CT molecular complexity index is 650. The number of carbonyl (C=O) groups is 2. The van der Waals surface area contributed by atoms with Crippen molar-refractivity contribution < 1.29 is 18.8 Å². The van der Waals surface area contributed by atoms with Crippen LogP contribution in [0.5, 0.6) is 0 Å². The van der Waals surface area contributed by atoms with Gasteiger partial charge in [-0.05, 0) is 25.8 Å². The van der Waals surface area contributed by atoms with Crippen LogP contribution >= 0.6 is 16.6 Å². The van der Waals surface area contributed by atoms with Crippen LogP contribution in [-0.2, 0) is 25.3 Å². The predicted molar refractivity (Wildman–Crippen MR) is 102 cm³/mol. The van der Waals surface area contributed by atoms with Crippen LogP contribution in [0.1, 0.15) is 24.8 Å². The molecule has 3 unspecified atom stereocenters. The molecule has 0 N–H and O–H groups in total. The quantitative estimate of drug-likeness (QED) is 0.318. The van der Waals surface area contributed by atoms with Gasteiger partial charge >= 0.3 is 5.97 Å². The lowest BCUT2D eigenvalue weighted by Crippen LogP contribution is -2.19. The van der Waals surface area contributed by atoms with E-state index in [2.05, 4.69) is 8.93 Å². The number of allylic oxidation sites excluding steroid dienone is 1. The second-order valence-corrected chi connectivity index (χ2v) is 8.98. The van der Waals surface area contributed by atoms with Gasteiger partial charge < -0.3 is 9.26 Å². The van der Waals surface area contributed by atoms with E-state index in [-0.39, 0.29) is 35.8 Å². The molecular weight excluding hydrogens is 353 g/mol. The highest BCUT2D eigenvalue weighted by Gasteiger charge is 2.49. The molecule has 2 aliphatic rings. The molecule has 25 heavy (non-hydrogen) atoms. The normalized spacial score (nSPS) is 29.6. The van der Waals surface area contributed by atoms with Crippen LogP contribution < -0.4 is 0 Å². The lowest BCUT2D eigenvalue weighted by atomic mass is 9.91. The summed E-state index contributed by atoms with van der Waals surface area (Å²) in [5.41, 5.74) is 1.15. The number of ketones is 1. The summed E-state index contributed by atoms with van der Waals surface area (Å²) in [6.45, 7) is 0. The molecule has 0 bridgehead atoms. The summed E-state index contributed by atoms with van der Waals surface area (Å²) in [4.78, 5) is 23.8. The van der Waals surface area contributed by atoms with E-state index in [0.717, 1.165) is 12.0 Å². The monoisotopic (exact) mass is 374 g/mol. The number of carbonyl (C=O) groups excluding carboxylic acids is 2. The summed E-state index contributed by atoms with van der Waals surface area (Å²) in [6, 6.07) is 9.95. The van der Waals surface area contributed by atoms with Crippen molar-refractivity contribution in [1.82, 2.24) is 0 Å². The molecule has 2 fully saturated rings. The number of ether oxygens (including phenoxy) is 1. The summed E-state index contributed by atoms with van der Waals surface area (Å²) >= 11 is 0. The Morgan fingerprint density at radius 3 is 2.88 bits per heavy atom. The van der Waals surface area contributed by atoms with E-state index in [4.69, 9.17) is 16.8 Å². The van der Waals surface area contributed by atoms with Gasteiger partial charge in [-0.1, -0.05) is 45.3 Å². The zero-order chi connectivity index (χ0) is 17.8. The van der Waals surface area contributed by atoms with Gasteiger partial charge in [0.1, 0.15) is 6.10 Å². The van der Waals surface area contributed by atoms with E-state index in [1.165, 1.54) is 0 Å². The van der Waals surface area contributed by atoms with Crippen molar-refractivity contribution >= 4 is 36.0 Å². The molecule has 0 spiro atoms. The molecule has 1 aromatic rings. The van der Waals surface area contributed by atoms with E-state index in [9.17, 15) is 9.59 Å². The first-order valence-corrected chi connectivity index (χ1v) is 11.4. The van der Waals surface area contributed by atoms with E-state index >= 15 is 0 Å². The minimum Gasteiger partial charge on any atom is -0.462 e. The van der Waals surface area contributed by atoms with Crippen molar-refractivity contribution in [3.63, 3.8) is 0 Å². The Kier molecular flexibility index (Phi) is 6.44. The minimum absolute atomic E-state index is 0.00812. The zero-order valence-corrected chi connectivity index (χ0v) is 16.0. The van der Waals surface area contributed by atoms with E-state index in [0.29, 0.717) is 19.3 Å². The van der Waals surface area contributed by atoms with Crippen molar-refractivity contribution in [1.29, 1.82) is 0 Å². The van der Waals surface area contributed by atoms with Crippen LogP contribution in [0, 0.1) is 11.8 Å². The third-order valence-corrected chi connectivity index (χ3v) is 5.69. The van der Waals surface area contributed by atoms with Crippen molar-refractivity contribution in [2.24, 2.45) is 11.8 Å². The Labute approximate surface area is 153 Å². The van der Waals surface area contributed by atoms with Gasteiger partial charge in [0.15, 0.2) is 13.3 Å². The van der Waals surface area contributed by atoms with E-state index < -0.39 is 7.72 Å². The van der Waals surface area contributed by atoms with Crippen molar-refractivity contribution in [2.75, 3.05) is 0 Å². The Morgan fingerprint density at radius 2 is 2.16 bits per heavy atom. The molecule has 130 valence electrons. The SMILES string of the molecule is [B]P(P)O[C@@H]1CC2OC(=O)C[C@@H]2[C@H]1/C=C/C(=O)CCc1ccccc1. The number of fused-ring (bicyclic) bond motifs is 1. The topological polar surface area (TPSA) is 52.6 Å². The van der Waals surface area contributed by atoms with Crippen LogP contribution in [0.25, 0.3) is 0 Å². The van der Waals surface area contributed by atoms with Crippen LogP contribution in [-0.4, -0.2) is 31.5 Å². The lowest BCUT2D eigenvalue weighted by molar-refractivity contribution is -0.141. The fraction of sp³-hybridized carbons (Fsp3) is 0.444. The van der Waals surface area contributed by atoms with Gasteiger partial charge in [0.05, 0.1) is 12.5 Å². The standard InChI is InChI=1S/C18H21BO4P2/c19-25(24)23-17-11-16-15(10-18(21)22-16)14(17)9-8-13(20)7-6-12-4-2-1-3-5-12/h1-5,8-9,14-17H,6-7,10-11,24H2/b9-8+/t14-,15-,16?,17-,25?/m1/s1. The molecule has 6 atom stereocenters. The maximum atomic E-state index is 12.2. The molecule has 0 amide bonds. The average molecular weight is 374 g/mol. The molecule has 3 rings (SSSR count). The van der Waals surface area contributed by atoms with E-state index in [1.807, 2.05) is 36.4 Å². The number of hydrogen-bond acceptors (Lipinski definition) is 4. The third-order valence-electron chi connectivity index (χ3n) is 4.82. The highest BCUT2D eigenvalue weighted by Crippen LogP contribution is 2.50. The van der Waals surface area contributed by atoms with Crippen LogP contribution in [0.2, 0.25) is 0 Å². The molecule has 0 aromatic heterocycles. The van der Waals surface area contributed by atoms with Gasteiger partial charge in [-0.25, -0.2) is 0 Å². The molecule has 1 saturated carbocycles. The van der Waals surface area contributed by atoms with Crippen LogP contribution in [0.4, 0.5) is 0 Å². The fourth-order valence-corrected chi connectivity index (χ4v) is 4.66. The van der Waals surface area contributed by atoms with Crippen molar-refractivity contribution in [3.05, 3.63) is 48.0 Å².